The van der Waals surface area contributed by atoms with Crippen molar-refractivity contribution in [3.05, 3.63) is 127 Å². The van der Waals surface area contributed by atoms with Gasteiger partial charge < -0.3 is 24.2 Å². The Balaban J connectivity index is 0.000000178. The minimum Gasteiger partial charge on any atom is -0.379 e. The first-order chi connectivity index (χ1) is 34.8. The standard InChI is InChI=1S/C24H20F4IN5O2.C15H17IN2O2.C9H4BrF4N3/c25-20-6-5-18(13-15(20)14-30)34-23(32-9-11-36-12-10-32)19(21(31-34)24(26,27)28)7-8-33(22(23)35)17-3-1-16(29)2-4-17;16-12-3-5-13(6-4-12)18-7-1-2-14(15(18)19)17-8-10-20-11-9-17;10-8(9(12,13)14)17-16-6-1-2-7(11)5(3-6)4-15/h1-6,13,19H,7-12H2;2-6H,1,7-11H2;1-3,16H/b;;17-8-/t19-,23+;;/m0../s1. The third-order valence-electron chi connectivity index (χ3n) is 12.0. The molecule has 384 valence electrons. The van der Waals surface area contributed by atoms with Crippen LogP contribution < -0.4 is 20.2 Å². The van der Waals surface area contributed by atoms with E-state index >= 15 is 0 Å². The van der Waals surface area contributed by atoms with Gasteiger partial charge in [0.25, 0.3) is 11.8 Å². The molecule has 0 spiro atoms. The van der Waals surface area contributed by atoms with Gasteiger partial charge in [0.1, 0.15) is 29.5 Å². The molecule has 1 N–H and O–H groups in total. The number of hydrogen-bond donors (Lipinski definition) is 1. The van der Waals surface area contributed by atoms with Crippen molar-refractivity contribution in [3.8, 4) is 12.1 Å². The molecule has 9 rings (SSSR count). The number of halogens is 11. The Morgan fingerprint density at radius 2 is 1.27 bits per heavy atom. The number of piperidine rings is 1. The number of hydrazone groups is 2. The number of benzene rings is 4. The number of ether oxygens (including phenoxy) is 2. The van der Waals surface area contributed by atoms with Gasteiger partial charge in [-0.15, -0.1) is 0 Å². The molecule has 0 aliphatic carbocycles. The van der Waals surface area contributed by atoms with E-state index in [0.29, 0.717) is 18.9 Å². The van der Waals surface area contributed by atoms with Gasteiger partial charge in [0, 0.05) is 57.8 Å². The fourth-order valence-electron chi connectivity index (χ4n) is 8.68. The molecule has 73 heavy (non-hydrogen) atoms. The van der Waals surface area contributed by atoms with E-state index in [0.717, 1.165) is 76.4 Å². The van der Waals surface area contributed by atoms with Gasteiger partial charge >= 0.3 is 12.4 Å². The van der Waals surface area contributed by atoms with Crippen LogP contribution in [0.5, 0.6) is 0 Å². The molecule has 2 atom stereocenters. The van der Waals surface area contributed by atoms with Crippen LogP contribution in [0.15, 0.2) is 107 Å². The second-order valence-corrected chi connectivity index (χ2v) is 19.6. The number of amides is 2. The van der Waals surface area contributed by atoms with Gasteiger partial charge in [-0.25, -0.2) is 13.8 Å². The smallest absolute Gasteiger partial charge is 0.379 e. The lowest BCUT2D eigenvalue weighted by molar-refractivity contribution is -0.140. The number of nitriles is 2. The highest BCUT2D eigenvalue weighted by Gasteiger charge is 2.68. The molecular weight excluding hydrogens is 1270 g/mol. The van der Waals surface area contributed by atoms with Crippen molar-refractivity contribution < 1.29 is 54.2 Å². The first-order valence-electron chi connectivity index (χ1n) is 22.2. The Hall–Kier alpha value is -5.46. The van der Waals surface area contributed by atoms with Gasteiger partial charge in [0.15, 0.2) is 0 Å². The number of rotatable bonds is 7. The summed E-state index contributed by atoms with van der Waals surface area (Å²) >= 11 is 6.64. The van der Waals surface area contributed by atoms with Crippen LogP contribution in [-0.4, -0.2) is 116 Å². The van der Waals surface area contributed by atoms with Gasteiger partial charge in [-0.2, -0.15) is 47.1 Å². The summed E-state index contributed by atoms with van der Waals surface area (Å²) in [5, 5.41) is 25.9. The average Bonchev–Trinajstić information content (AvgIpc) is 3.76. The predicted octanol–water partition coefficient (Wildman–Crippen LogP) is 9.75. The molecule has 3 saturated heterocycles. The molecule has 0 saturated carbocycles. The first kappa shape index (κ1) is 55.3. The third-order valence-corrected chi connectivity index (χ3v) is 14.1. The number of nitrogens with one attached hydrogen (secondary N) is 1. The molecule has 25 heteroatoms. The maximum Gasteiger partial charge on any atom is 0.441 e. The molecule has 3 fully saturated rings. The predicted molar refractivity (Wildman–Crippen MR) is 276 cm³/mol. The van der Waals surface area contributed by atoms with E-state index in [1.807, 2.05) is 41.3 Å². The minimum atomic E-state index is -4.79. The molecular formula is C48H41BrF8I2N10O4. The second kappa shape index (κ2) is 23.8. The zero-order valence-corrected chi connectivity index (χ0v) is 43.9. The Morgan fingerprint density at radius 3 is 1.84 bits per heavy atom. The van der Waals surface area contributed by atoms with Gasteiger partial charge in [0.05, 0.1) is 60.5 Å². The topological polar surface area (TPSA) is 153 Å². The van der Waals surface area contributed by atoms with Crippen molar-refractivity contribution in [1.82, 2.24) is 9.80 Å². The molecule has 0 bridgehead atoms. The lowest BCUT2D eigenvalue weighted by Crippen LogP contribution is -2.74. The number of morpholine rings is 2. The molecule has 5 aliphatic rings. The van der Waals surface area contributed by atoms with Crippen LogP contribution in [0.3, 0.4) is 0 Å². The number of fused-ring (bicyclic) bond motifs is 1. The molecule has 5 aliphatic heterocycles. The second-order valence-electron chi connectivity index (χ2n) is 16.4. The Labute approximate surface area is 449 Å². The van der Waals surface area contributed by atoms with Crippen molar-refractivity contribution in [3.63, 3.8) is 0 Å². The largest absolute Gasteiger partial charge is 0.441 e. The van der Waals surface area contributed by atoms with E-state index in [2.05, 4.69) is 87.7 Å². The minimum absolute atomic E-state index is 0.0101. The highest BCUT2D eigenvalue weighted by Crippen LogP contribution is 2.49. The molecule has 14 nitrogen and oxygen atoms in total. The highest BCUT2D eigenvalue weighted by atomic mass is 127. The zero-order chi connectivity index (χ0) is 52.7. The van der Waals surface area contributed by atoms with Crippen molar-refractivity contribution in [2.45, 2.75) is 30.9 Å². The number of carbonyl (C=O) groups excluding carboxylic acids is 2. The molecule has 5 heterocycles. The van der Waals surface area contributed by atoms with Crippen LogP contribution in [0.1, 0.15) is 24.0 Å². The molecule has 4 aromatic rings. The molecule has 4 aromatic carbocycles. The monoisotopic (exact) mass is 1310 g/mol. The van der Waals surface area contributed by atoms with Gasteiger partial charge in [0.2, 0.25) is 10.3 Å². The zero-order valence-electron chi connectivity index (χ0n) is 38.0. The van der Waals surface area contributed by atoms with Crippen molar-refractivity contribution in [2.24, 2.45) is 16.1 Å². The summed E-state index contributed by atoms with van der Waals surface area (Å²) in [6, 6.07) is 25.1. The van der Waals surface area contributed by atoms with E-state index in [-0.39, 0.29) is 67.7 Å². The third kappa shape index (κ3) is 12.6. The normalized spacial score (nSPS) is 20.6. The SMILES string of the molecule is N#Cc1cc(N/N=C(\Br)C(F)(F)F)ccc1F.N#Cc1cc(N2N=C(C(F)(F)F)[C@@H]3CCN(c4ccc(I)cc4)C(=O)[C@@]32N2CCOCC2)ccc1F.O=C1C(N2CCOCC2)=CCCN1c1ccc(I)cc1. The number of alkyl halides is 6. The maximum atomic E-state index is 14.4. The summed E-state index contributed by atoms with van der Waals surface area (Å²) in [7, 11) is 0. The summed E-state index contributed by atoms with van der Waals surface area (Å²) in [5.74, 6) is -3.31. The number of nitrogens with zero attached hydrogens (tertiary/aromatic N) is 9. The summed E-state index contributed by atoms with van der Waals surface area (Å²) in [6.07, 6.45) is -6.41. The Bertz CT molecular complexity index is 2850. The van der Waals surface area contributed by atoms with E-state index < -0.39 is 51.8 Å². The van der Waals surface area contributed by atoms with Gasteiger partial charge in [-0.05, 0) is 159 Å². The lowest BCUT2D eigenvalue weighted by atomic mass is 9.79. The van der Waals surface area contributed by atoms with Crippen molar-refractivity contribution >= 4 is 106 Å². The molecule has 2 amide bonds. The summed E-state index contributed by atoms with van der Waals surface area (Å²) < 4.78 is 118. The summed E-state index contributed by atoms with van der Waals surface area (Å²) in [5.41, 5.74) is 0.971. The molecule has 0 aromatic heterocycles. The van der Waals surface area contributed by atoms with Gasteiger partial charge in [-0.3, -0.25) is 19.9 Å². The molecule has 0 unspecified atom stereocenters. The number of carbonyl (C=O) groups is 2. The van der Waals surface area contributed by atoms with Crippen LogP contribution in [0.2, 0.25) is 0 Å². The van der Waals surface area contributed by atoms with E-state index in [1.165, 1.54) is 14.5 Å². The first-order valence-corrected chi connectivity index (χ1v) is 25.1. The maximum absolute atomic E-state index is 14.4. The van der Waals surface area contributed by atoms with Crippen LogP contribution in [-0.2, 0) is 19.1 Å². The number of anilines is 4. The summed E-state index contributed by atoms with van der Waals surface area (Å²) in [4.78, 5) is 34.3. The van der Waals surface area contributed by atoms with Crippen LogP contribution >= 0.6 is 61.1 Å². The van der Waals surface area contributed by atoms with Crippen LogP contribution in [0.25, 0.3) is 0 Å². The fraction of sp³-hybridized carbons (Fsp3) is 0.333. The quantitative estimate of drug-likeness (QED) is 0.0820. The van der Waals surface area contributed by atoms with E-state index in [9.17, 15) is 50.0 Å². The molecule has 0 radical (unpaired) electrons. The average molecular weight is 1310 g/mol. The van der Waals surface area contributed by atoms with Gasteiger partial charge in [-0.1, -0.05) is 6.08 Å². The number of hydrogen-bond acceptors (Lipinski definition) is 12. The summed E-state index contributed by atoms with van der Waals surface area (Å²) in [6.45, 7) is 4.71. The lowest BCUT2D eigenvalue weighted by Gasteiger charge is -2.53. The highest BCUT2D eigenvalue weighted by molar-refractivity contribution is 14.1. The Kier molecular flexibility index (Phi) is 18.0. The van der Waals surface area contributed by atoms with Crippen LogP contribution in [0.4, 0.5) is 57.9 Å². The van der Waals surface area contributed by atoms with Crippen molar-refractivity contribution in [2.75, 3.05) is 85.9 Å². The van der Waals surface area contributed by atoms with E-state index in [1.54, 1.807) is 29.2 Å². The van der Waals surface area contributed by atoms with Crippen molar-refractivity contribution in [1.29, 1.82) is 10.5 Å². The van der Waals surface area contributed by atoms with Crippen LogP contribution in [0, 0.1) is 47.4 Å². The Morgan fingerprint density at radius 1 is 0.740 bits per heavy atom. The fourth-order valence-corrected chi connectivity index (χ4v) is 9.49. The van der Waals surface area contributed by atoms with E-state index in [4.69, 9.17) is 14.7 Å².